The highest BCUT2D eigenvalue weighted by atomic mass is 19.2. The number of aromatic nitrogens is 2. The summed E-state index contributed by atoms with van der Waals surface area (Å²) in [4.78, 5) is 20.5. The van der Waals surface area contributed by atoms with E-state index in [4.69, 9.17) is 0 Å². The van der Waals surface area contributed by atoms with E-state index in [0.29, 0.717) is 28.0 Å². The zero-order valence-corrected chi connectivity index (χ0v) is 15.6. The van der Waals surface area contributed by atoms with E-state index in [1.807, 2.05) is 0 Å². The van der Waals surface area contributed by atoms with Crippen LogP contribution >= 0.6 is 0 Å². The zero-order valence-electron chi connectivity index (χ0n) is 15.6. The molecule has 2 aromatic heterocycles. The molecule has 0 saturated carbocycles. The lowest BCUT2D eigenvalue weighted by molar-refractivity contribution is 0.169. The Hall–Kier alpha value is -3.55. The molecule has 0 saturated heterocycles. The molecule has 0 unspecified atom stereocenters. The maximum atomic E-state index is 14.5. The molecule has 0 spiro atoms. The Morgan fingerprint density at radius 3 is 2.68 bits per heavy atom. The molecule has 2 heterocycles. The molecule has 0 aliphatic rings. The van der Waals surface area contributed by atoms with Gasteiger partial charge in [0.05, 0.1) is 17.0 Å². The summed E-state index contributed by atoms with van der Waals surface area (Å²) < 4.78 is 33.5. The van der Waals surface area contributed by atoms with E-state index >= 15 is 0 Å². The number of fused-ring (bicyclic) bond motifs is 1. The standard InChI is InChI=1S/C20H18F2N4O2/c1-11(2)28-20(27)26(22)14-5-6-17(21)16(8-14)15-7-13-10-24-19(23-4)9-18(13)25-12(15)3/h5-10H,1H2,2-4H3,(H,23,24). The van der Waals surface area contributed by atoms with E-state index in [0.717, 1.165) is 12.1 Å². The molecule has 3 aromatic rings. The minimum Gasteiger partial charge on any atom is -0.414 e. The maximum Gasteiger partial charge on any atom is 0.448 e. The number of allylic oxidation sites excluding steroid dienone is 1. The van der Waals surface area contributed by atoms with Crippen LogP contribution in [-0.4, -0.2) is 23.1 Å². The number of rotatable bonds is 4. The van der Waals surface area contributed by atoms with E-state index in [-0.39, 0.29) is 22.1 Å². The Balaban J connectivity index is 2.07. The average Bonchev–Trinajstić information content (AvgIpc) is 2.66. The number of halogens is 2. The summed E-state index contributed by atoms with van der Waals surface area (Å²) in [6, 6.07) is 6.94. The number of carbonyl (C=O) groups is 1. The lowest BCUT2D eigenvalue weighted by Crippen LogP contribution is -2.22. The molecule has 0 radical (unpaired) electrons. The average molecular weight is 384 g/mol. The Morgan fingerprint density at radius 1 is 1.25 bits per heavy atom. The van der Waals surface area contributed by atoms with Crippen molar-refractivity contribution in [3.05, 3.63) is 60.4 Å². The molecule has 0 atom stereocenters. The topological polar surface area (TPSA) is 67.3 Å². The van der Waals surface area contributed by atoms with Crippen molar-refractivity contribution in [1.29, 1.82) is 0 Å². The number of hydrogen-bond donors (Lipinski definition) is 1. The van der Waals surface area contributed by atoms with Gasteiger partial charge in [-0.1, -0.05) is 11.1 Å². The molecule has 3 rings (SSSR count). The van der Waals surface area contributed by atoms with Crippen LogP contribution in [0.1, 0.15) is 12.6 Å². The summed E-state index contributed by atoms with van der Waals surface area (Å²) in [6.45, 7) is 6.53. The minimum atomic E-state index is -1.26. The number of nitrogens with one attached hydrogen (secondary N) is 1. The highest BCUT2D eigenvalue weighted by Gasteiger charge is 2.20. The van der Waals surface area contributed by atoms with Crippen LogP contribution in [-0.2, 0) is 4.74 Å². The van der Waals surface area contributed by atoms with Gasteiger partial charge in [-0.05, 0) is 38.1 Å². The Bertz CT molecular complexity index is 1090. The van der Waals surface area contributed by atoms with Gasteiger partial charge in [-0.15, -0.1) is 5.12 Å². The van der Waals surface area contributed by atoms with Crippen LogP contribution in [0.2, 0.25) is 0 Å². The van der Waals surface area contributed by atoms with Gasteiger partial charge in [0.15, 0.2) is 0 Å². The third-order valence-electron chi connectivity index (χ3n) is 4.03. The van der Waals surface area contributed by atoms with E-state index in [2.05, 4.69) is 26.6 Å². The van der Waals surface area contributed by atoms with Crippen molar-refractivity contribution in [1.82, 2.24) is 9.97 Å². The zero-order chi connectivity index (χ0) is 20.4. The van der Waals surface area contributed by atoms with Crippen molar-refractivity contribution in [3.63, 3.8) is 0 Å². The predicted octanol–water partition coefficient (Wildman–Crippen LogP) is 5.15. The summed E-state index contributed by atoms with van der Waals surface area (Å²) >= 11 is 0. The van der Waals surface area contributed by atoms with Gasteiger partial charge in [-0.25, -0.2) is 14.2 Å². The van der Waals surface area contributed by atoms with E-state index in [1.54, 1.807) is 32.3 Å². The van der Waals surface area contributed by atoms with Gasteiger partial charge in [0.25, 0.3) is 0 Å². The molecule has 0 bridgehead atoms. The molecule has 144 valence electrons. The van der Waals surface area contributed by atoms with E-state index in [1.165, 1.54) is 13.0 Å². The van der Waals surface area contributed by atoms with Crippen LogP contribution in [0.3, 0.4) is 0 Å². The Labute approximate surface area is 160 Å². The molecule has 0 aliphatic carbocycles. The Kier molecular flexibility index (Phi) is 5.21. The van der Waals surface area contributed by atoms with Crippen molar-refractivity contribution < 1.29 is 18.4 Å². The van der Waals surface area contributed by atoms with Crippen LogP contribution in [0.4, 0.5) is 25.2 Å². The van der Waals surface area contributed by atoms with Gasteiger partial charge in [0.1, 0.15) is 11.6 Å². The van der Waals surface area contributed by atoms with E-state index < -0.39 is 11.9 Å². The Morgan fingerprint density at radius 2 is 2.00 bits per heavy atom. The van der Waals surface area contributed by atoms with Crippen molar-refractivity contribution in [3.8, 4) is 11.1 Å². The lowest BCUT2D eigenvalue weighted by Gasteiger charge is -2.15. The van der Waals surface area contributed by atoms with Gasteiger partial charge >= 0.3 is 6.09 Å². The third kappa shape index (κ3) is 3.75. The molecule has 0 fully saturated rings. The molecule has 0 aliphatic heterocycles. The highest BCUT2D eigenvalue weighted by molar-refractivity contribution is 5.89. The van der Waals surface area contributed by atoms with Gasteiger partial charge in [0.2, 0.25) is 0 Å². The number of pyridine rings is 2. The summed E-state index contributed by atoms with van der Waals surface area (Å²) in [5.74, 6) is 0.122. The number of hydrogen-bond acceptors (Lipinski definition) is 5. The molecular weight excluding hydrogens is 366 g/mol. The van der Waals surface area contributed by atoms with Crippen molar-refractivity contribution >= 4 is 28.5 Å². The largest absolute Gasteiger partial charge is 0.448 e. The smallest absolute Gasteiger partial charge is 0.414 e. The molecule has 1 amide bonds. The monoisotopic (exact) mass is 384 g/mol. The normalized spacial score (nSPS) is 10.6. The third-order valence-corrected chi connectivity index (χ3v) is 4.03. The summed E-state index contributed by atoms with van der Waals surface area (Å²) in [5.41, 5.74) is 1.63. The fraction of sp³-hybridized carbons (Fsp3) is 0.150. The molecular formula is C20H18F2N4O2. The summed E-state index contributed by atoms with van der Waals surface area (Å²) in [7, 11) is 1.75. The van der Waals surface area contributed by atoms with Gasteiger partial charge in [0, 0.05) is 41.5 Å². The van der Waals surface area contributed by atoms with Gasteiger partial charge in [-0.2, -0.15) is 0 Å². The van der Waals surface area contributed by atoms with Gasteiger partial charge < -0.3 is 10.1 Å². The SMILES string of the molecule is C=C(C)OC(=O)N(F)c1ccc(F)c(-c2cc3cnc(NC)cc3nc2C)c1. The number of aryl methyl sites for hydroxylation is 1. The first-order chi connectivity index (χ1) is 13.3. The first-order valence-corrected chi connectivity index (χ1v) is 8.38. The molecule has 8 heteroatoms. The first kappa shape index (κ1) is 19.2. The number of anilines is 2. The second-order valence-electron chi connectivity index (χ2n) is 6.15. The van der Waals surface area contributed by atoms with Crippen molar-refractivity contribution in [2.24, 2.45) is 0 Å². The second kappa shape index (κ2) is 7.59. The molecule has 1 aromatic carbocycles. The van der Waals surface area contributed by atoms with Crippen LogP contribution in [0.15, 0.2) is 48.9 Å². The number of ether oxygens (including phenoxy) is 1. The molecule has 28 heavy (non-hydrogen) atoms. The number of nitrogens with zero attached hydrogens (tertiary/aromatic N) is 3. The summed E-state index contributed by atoms with van der Waals surface area (Å²) in [5, 5.41) is 3.42. The number of benzene rings is 1. The van der Waals surface area contributed by atoms with Crippen LogP contribution < -0.4 is 10.4 Å². The number of carbonyl (C=O) groups excluding carboxylic acids is 1. The summed E-state index contributed by atoms with van der Waals surface area (Å²) in [6.07, 6.45) is 0.354. The quantitative estimate of drug-likeness (QED) is 0.498. The first-order valence-electron chi connectivity index (χ1n) is 8.38. The second-order valence-corrected chi connectivity index (χ2v) is 6.15. The van der Waals surface area contributed by atoms with Crippen LogP contribution in [0.25, 0.3) is 22.0 Å². The highest BCUT2D eigenvalue weighted by Crippen LogP contribution is 2.32. The van der Waals surface area contributed by atoms with Crippen LogP contribution in [0.5, 0.6) is 0 Å². The van der Waals surface area contributed by atoms with Crippen LogP contribution in [0, 0.1) is 12.7 Å². The van der Waals surface area contributed by atoms with Crippen molar-refractivity contribution in [2.75, 3.05) is 17.5 Å². The number of amides is 1. The maximum absolute atomic E-state index is 14.5. The molecule has 6 nitrogen and oxygen atoms in total. The minimum absolute atomic E-state index is 0.0398. The van der Waals surface area contributed by atoms with Gasteiger partial charge in [-0.3, -0.25) is 4.98 Å². The predicted molar refractivity (Wildman–Crippen MR) is 104 cm³/mol. The fourth-order valence-corrected chi connectivity index (χ4v) is 2.71. The van der Waals surface area contributed by atoms with E-state index in [9.17, 15) is 13.7 Å². The fourth-order valence-electron chi connectivity index (χ4n) is 2.71. The molecule has 1 N–H and O–H groups in total. The lowest BCUT2D eigenvalue weighted by atomic mass is 10.0. The van der Waals surface area contributed by atoms with Crippen molar-refractivity contribution in [2.45, 2.75) is 13.8 Å².